The molecular formula is C24H24BrN3O4S2. The summed E-state index contributed by atoms with van der Waals surface area (Å²) in [7, 11) is -2.22. The number of sulfonamides is 1. The molecule has 0 radical (unpaired) electrons. The molecule has 0 aromatic heterocycles. The molecular weight excluding hydrogens is 538 g/mol. The van der Waals surface area contributed by atoms with E-state index in [4.69, 9.17) is 17.0 Å². The van der Waals surface area contributed by atoms with Crippen molar-refractivity contribution < 1.29 is 17.9 Å². The second-order valence-corrected chi connectivity index (χ2v) is 10.5. The van der Waals surface area contributed by atoms with Gasteiger partial charge >= 0.3 is 0 Å². The van der Waals surface area contributed by atoms with E-state index in [9.17, 15) is 13.2 Å². The molecule has 0 saturated heterocycles. The molecule has 0 bridgehead atoms. The van der Waals surface area contributed by atoms with E-state index in [1.807, 2.05) is 13.0 Å². The predicted octanol–water partition coefficient (Wildman–Crippen LogP) is 5.19. The van der Waals surface area contributed by atoms with Crippen LogP contribution in [0.2, 0.25) is 0 Å². The van der Waals surface area contributed by atoms with Crippen molar-refractivity contribution in [2.24, 2.45) is 0 Å². The van der Waals surface area contributed by atoms with Gasteiger partial charge in [0.1, 0.15) is 5.75 Å². The van der Waals surface area contributed by atoms with Crippen molar-refractivity contribution in [1.29, 1.82) is 0 Å². The number of nitrogens with one attached hydrogen (secondary N) is 2. The lowest BCUT2D eigenvalue weighted by Gasteiger charge is -2.19. The van der Waals surface area contributed by atoms with Crippen molar-refractivity contribution in [2.75, 3.05) is 23.3 Å². The zero-order chi connectivity index (χ0) is 24.7. The van der Waals surface area contributed by atoms with Crippen molar-refractivity contribution in [3.63, 3.8) is 0 Å². The first-order valence-electron chi connectivity index (χ1n) is 10.4. The van der Waals surface area contributed by atoms with Crippen LogP contribution >= 0.6 is 28.1 Å². The third-order valence-electron chi connectivity index (χ3n) is 4.77. The number of amides is 1. The maximum atomic E-state index is 12.9. The largest absolute Gasteiger partial charge is 0.493 e. The van der Waals surface area contributed by atoms with Crippen LogP contribution in [0.1, 0.15) is 23.7 Å². The Bertz CT molecular complexity index is 1270. The molecule has 0 fully saturated rings. The van der Waals surface area contributed by atoms with E-state index in [-0.39, 0.29) is 10.0 Å². The summed E-state index contributed by atoms with van der Waals surface area (Å²) in [6.45, 7) is 2.47. The van der Waals surface area contributed by atoms with Crippen LogP contribution in [0.3, 0.4) is 0 Å². The first-order chi connectivity index (χ1) is 16.2. The number of nitrogens with zero attached hydrogens (tertiary/aromatic N) is 1. The van der Waals surface area contributed by atoms with E-state index < -0.39 is 15.9 Å². The fourth-order valence-electron chi connectivity index (χ4n) is 3.00. The smallest absolute Gasteiger partial charge is 0.264 e. The highest BCUT2D eigenvalue weighted by Gasteiger charge is 2.21. The minimum atomic E-state index is -3.72. The van der Waals surface area contributed by atoms with Crippen molar-refractivity contribution in [1.82, 2.24) is 5.32 Å². The number of para-hydroxylation sites is 1. The average molecular weight is 563 g/mol. The van der Waals surface area contributed by atoms with Crippen LogP contribution in [0.25, 0.3) is 0 Å². The molecule has 3 rings (SSSR count). The fourth-order valence-corrected chi connectivity index (χ4v) is 4.76. The molecule has 0 unspecified atom stereocenters. The Morgan fingerprint density at radius 2 is 1.74 bits per heavy atom. The number of thiocarbonyl (C=S) groups is 1. The molecule has 0 aliphatic rings. The van der Waals surface area contributed by atoms with Crippen molar-refractivity contribution in [3.05, 3.63) is 82.8 Å². The van der Waals surface area contributed by atoms with Crippen LogP contribution in [-0.2, 0) is 10.0 Å². The van der Waals surface area contributed by atoms with Crippen LogP contribution < -0.4 is 19.7 Å². The summed E-state index contributed by atoms with van der Waals surface area (Å²) in [6.07, 6.45) is 0.809. The number of halogens is 1. The van der Waals surface area contributed by atoms with Gasteiger partial charge in [0.15, 0.2) is 5.11 Å². The molecule has 0 saturated carbocycles. The normalized spacial score (nSPS) is 10.9. The van der Waals surface area contributed by atoms with Crippen molar-refractivity contribution in [3.8, 4) is 5.75 Å². The van der Waals surface area contributed by atoms with Crippen LogP contribution in [0.15, 0.2) is 82.2 Å². The lowest BCUT2D eigenvalue weighted by molar-refractivity contribution is 0.0973. The SMILES string of the molecule is CCCOc1ccc(Br)cc1C(=O)NC(=S)Nc1ccc(S(=O)(=O)N(C)c2ccccc2)cc1. The van der Waals surface area contributed by atoms with E-state index in [0.29, 0.717) is 29.3 Å². The van der Waals surface area contributed by atoms with Gasteiger partial charge in [0, 0.05) is 17.2 Å². The molecule has 3 aromatic rings. The molecule has 2 N–H and O–H groups in total. The molecule has 0 aliphatic carbocycles. The van der Waals surface area contributed by atoms with Gasteiger partial charge in [-0.25, -0.2) is 8.42 Å². The Morgan fingerprint density at radius 3 is 2.38 bits per heavy atom. The van der Waals surface area contributed by atoms with Crippen molar-refractivity contribution in [2.45, 2.75) is 18.2 Å². The summed E-state index contributed by atoms with van der Waals surface area (Å²) in [5, 5.41) is 5.60. The Hall–Kier alpha value is -2.95. The molecule has 0 atom stereocenters. The maximum Gasteiger partial charge on any atom is 0.264 e. The number of rotatable bonds is 8. The topological polar surface area (TPSA) is 87.7 Å². The zero-order valence-corrected chi connectivity index (χ0v) is 21.8. The first-order valence-corrected chi connectivity index (χ1v) is 13.0. The van der Waals surface area contributed by atoms with Gasteiger partial charge in [0.05, 0.1) is 22.8 Å². The van der Waals surface area contributed by atoms with Gasteiger partial charge in [-0.05, 0) is 73.2 Å². The van der Waals surface area contributed by atoms with Gasteiger partial charge in [0.2, 0.25) is 0 Å². The number of hydrogen-bond donors (Lipinski definition) is 2. The Labute approximate surface area is 213 Å². The molecule has 3 aromatic carbocycles. The summed E-state index contributed by atoms with van der Waals surface area (Å²) in [5.74, 6) is 0.0380. The monoisotopic (exact) mass is 561 g/mol. The third-order valence-corrected chi connectivity index (χ3v) is 7.26. The molecule has 1 amide bonds. The third kappa shape index (κ3) is 6.34. The average Bonchev–Trinajstić information content (AvgIpc) is 2.83. The Balaban J connectivity index is 1.67. The summed E-state index contributed by atoms with van der Waals surface area (Å²) >= 11 is 8.63. The summed E-state index contributed by atoms with van der Waals surface area (Å²) in [5.41, 5.74) is 1.43. The second kappa shape index (κ2) is 11.5. The van der Waals surface area contributed by atoms with Crippen LogP contribution in [0.5, 0.6) is 5.75 Å². The molecule has 0 heterocycles. The van der Waals surface area contributed by atoms with Crippen LogP contribution in [0, 0.1) is 0 Å². The van der Waals surface area contributed by atoms with Crippen LogP contribution in [0.4, 0.5) is 11.4 Å². The minimum Gasteiger partial charge on any atom is -0.493 e. The van der Waals surface area contributed by atoms with Gasteiger partial charge in [-0.2, -0.15) is 0 Å². The second-order valence-electron chi connectivity index (χ2n) is 7.23. The van der Waals surface area contributed by atoms with Gasteiger partial charge < -0.3 is 10.1 Å². The molecule has 34 heavy (non-hydrogen) atoms. The highest BCUT2D eigenvalue weighted by atomic mass is 79.9. The highest BCUT2D eigenvalue weighted by molar-refractivity contribution is 9.10. The minimum absolute atomic E-state index is 0.0726. The lowest BCUT2D eigenvalue weighted by atomic mass is 10.2. The molecule has 0 spiro atoms. The summed E-state index contributed by atoms with van der Waals surface area (Å²) < 4.78 is 33.4. The zero-order valence-electron chi connectivity index (χ0n) is 18.6. The first kappa shape index (κ1) is 25.7. The van der Waals surface area contributed by atoms with E-state index in [0.717, 1.165) is 10.9 Å². The number of benzene rings is 3. The molecule has 0 aliphatic heterocycles. The quantitative estimate of drug-likeness (QED) is 0.368. The van der Waals surface area contributed by atoms with Crippen molar-refractivity contribution >= 4 is 60.6 Å². The molecule has 10 heteroatoms. The highest BCUT2D eigenvalue weighted by Crippen LogP contribution is 2.24. The van der Waals surface area contributed by atoms with E-state index >= 15 is 0 Å². The molecule has 178 valence electrons. The Kier molecular flexibility index (Phi) is 8.65. The number of carbonyl (C=O) groups excluding carboxylic acids is 1. The fraction of sp³-hybridized carbons (Fsp3) is 0.167. The van der Waals surface area contributed by atoms with E-state index in [2.05, 4.69) is 26.6 Å². The van der Waals surface area contributed by atoms with Gasteiger partial charge in [-0.3, -0.25) is 14.4 Å². The van der Waals surface area contributed by atoms with Crippen LogP contribution in [-0.4, -0.2) is 33.1 Å². The number of carbonyl (C=O) groups is 1. The van der Waals surface area contributed by atoms with E-state index in [1.165, 1.54) is 23.5 Å². The van der Waals surface area contributed by atoms with Gasteiger partial charge in [-0.1, -0.05) is 41.1 Å². The Morgan fingerprint density at radius 1 is 1.06 bits per heavy atom. The van der Waals surface area contributed by atoms with Gasteiger partial charge in [-0.15, -0.1) is 0 Å². The predicted molar refractivity (Wildman–Crippen MR) is 142 cm³/mol. The number of anilines is 2. The number of ether oxygens (including phenoxy) is 1. The number of hydrogen-bond acceptors (Lipinski definition) is 5. The summed E-state index contributed by atoms with van der Waals surface area (Å²) in [6, 6.07) is 20.1. The lowest BCUT2D eigenvalue weighted by Crippen LogP contribution is -2.34. The van der Waals surface area contributed by atoms with E-state index in [1.54, 1.807) is 54.6 Å². The molecule has 7 nitrogen and oxygen atoms in total. The standard InChI is InChI=1S/C24H24BrN3O4S2/c1-3-15-32-22-14-9-17(25)16-21(22)23(29)27-24(33)26-18-10-12-20(13-11-18)34(30,31)28(2)19-7-5-4-6-8-19/h4-14,16H,3,15H2,1-2H3,(H2,26,27,29,33). The maximum absolute atomic E-state index is 12.9. The summed E-state index contributed by atoms with van der Waals surface area (Å²) in [4.78, 5) is 12.9. The van der Waals surface area contributed by atoms with Gasteiger partial charge in [0.25, 0.3) is 15.9 Å².